The van der Waals surface area contributed by atoms with Crippen molar-refractivity contribution in [2.24, 2.45) is 4.99 Å². The van der Waals surface area contributed by atoms with Crippen molar-refractivity contribution in [2.45, 2.75) is 13.3 Å². The number of nitrogens with one attached hydrogen (secondary N) is 1. The molecule has 3 heteroatoms. The van der Waals surface area contributed by atoms with Gasteiger partial charge < -0.3 is 5.32 Å². The molecule has 1 aliphatic rings. The van der Waals surface area contributed by atoms with E-state index in [1.807, 2.05) is 6.92 Å². The van der Waals surface area contributed by atoms with Crippen molar-refractivity contribution in [2.75, 3.05) is 18.8 Å². The summed E-state index contributed by atoms with van der Waals surface area (Å²) in [5, 5.41) is 4.28. The summed E-state index contributed by atoms with van der Waals surface area (Å²) in [4.78, 5) is 4.25. The normalized spacial score (nSPS) is 14.8. The molecule has 0 amide bonds. The van der Waals surface area contributed by atoms with Crippen LogP contribution in [0.4, 0.5) is 0 Å². The van der Waals surface area contributed by atoms with Crippen LogP contribution in [0.25, 0.3) is 0 Å². The molecule has 1 heterocycles. The van der Waals surface area contributed by atoms with Crippen LogP contribution >= 0.6 is 11.8 Å². The summed E-state index contributed by atoms with van der Waals surface area (Å²) >= 11 is 1.76. The predicted octanol–water partition coefficient (Wildman–Crippen LogP) is 1.09. The fourth-order valence-electron chi connectivity index (χ4n) is 0.797. The maximum atomic E-state index is 4.25. The standard InChI is InChI=1S/C8H12N2S/c1-2-3-4-7-11-8-9-5-6-10-8/h4-7H2,1H3,(H,9,10). The minimum absolute atomic E-state index is 0.932. The highest BCUT2D eigenvalue weighted by molar-refractivity contribution is 8.13. The Labute approximate surface area is 71.9 Å². The van der Waals surface area contributed by atoms with Gasteiger partial charge >= 0.3 is 0 Å². The number of rotatable bonds is 2. The molecule has 60 valence electrons. The van der Waals surface area contributed by atoms with Gasteiger partial charge in [-0.3, -0.25) is 4.99 Å². The van der Waals surface area contributed by atoms with Crippen molar-refractivity contribution < 1.29 is 0 Å². The summed E-state index contributed by atoms with van der Waals surface area (Å²) in [5.41, 5.74) is 0. The van der Waals surface area contributed by atoms with Crippen LogP contribution in [0.2, 0.25) is 0 Å². The van der Waals surface area contributed by atoms with Crippen LogP contribution in [0.5, 0.6) is 0 Å². The second kappa shape index (κ2) is 5.09. The monoisotopic (exact) mass is 168 g/mol. The largest absolute Gasteiger partial charge is 0.363 e. The van der Waals surface area contributed by atoms with Crippen molar-refractivity contribution in [3.63, 3.8) is 0 Å². The minimum atomic E-state index is 0.932. The third-order valence-electron chi connectivity index (χ3n) is 1.29. The molecule has 1 N–H and O–H groups in total. The molecule has 0 aromatic heterocycles. The highest BCUT2D eigenvalue weighted by Gasteiger charge is 2.03. The van der Waals surface area contributed by atoms with Crippen LogP contribution in [0.1, 0.15) is 13.3 Å². The molecular weight excluding hydrogens is 156 g/mol. The lowest BCUT2D eigenvalue weighted by atomic mass is 10.5. The smallest absolute Gasteiger partial charge is 0.156 e. The van der Waals surface area contributed by atoms with Crippen LogP contribution in [0.3, 0.4) is 0 Å². The molecule has 0 aromatic carbocycles. The molecule has 2 nitrogen and oxygen atoms in total. The maximum Gasteiger partial charge on any atom is 0.156 e. The molecule has 0 saturated carbocycles. The Balaban J connectivity index is 2.05. The van der Waals surface area contributed by atoms with E-state index < -0.39 is 0 Å². The zero-order valence-corrected chi connectivity index (χ0v) is 7.50. The number of amidine groups is 1. The Morgan fingerprint density at radius 2 is 2.64 bits per heavy atom. The van der Waals surface area contributed by atoms with Crippen LogP contribution in [0, 0.1) is 11.8 Å². The SMILES string of the molecule is CC#CCCSC1=NCCN1. The van der Waals surface area contributed by atoms with E-state index in [0.29, 0.717) is 0 Å². The Morgan fingerprint density at radius 1 is 1.73 bits per heavy atom. The molecule has 0 spiro atoms. The quantitative estimate of drug-likeness (QED) is 0.493. The summed E-state index contributed by atoms with van der Waals surface area (Å²) in [6.07, 6.45) is 0.960. The average Bonchev–Trinajstić information content (AvgIpc) is 2.50. The lowest BCUT2D eigenvalue weighted by Gasteiger charge is -1.97. The highest BCUT2D eigenvalue weighted by atomic mass is 32.2. The fourth-order valence-corrected chi connectivity index (χ4v) is 1.58. The van der Waals surface area contributed by atoms with Crippen molar-refractivity contribution in [1.29, 1.82) is 0 Å². The molecule has 0 aliphatic carbocycles. The Kier molecular flexibility index (Phi) is 3.92. The third kappa shape index (κ3) is 3.33. The number of nitrogens with zero attached hydrogens (tertiary/aromatic N) is 1. The van der Waals surface area contributed by atoms with Crippen molar-refractivity contribution in [1.82, 2.24) is 5.32 Å². The number of hydrogen-bond donors (Lipinski definition) is 1. The first-order chi connectivity index (χ1) is 5.43. The van der Waals surface area contributed by atoms with E-state index in [2.05, 4.69) is 22.2 Å². The van der Waals surface area contributed by atoms with Crippen LogP contribution in [-0.2, 0) is 0 Å². The molecule has 0 fully saturated rings. The molecule has 0 saturated heterocycles. The highest BCUT2D eigenvalue weighted by Crippen LogP contribution is 2.05. The molecular formula is C8H12N2S. The summed E-state index contributed by atoms with van der Waals surface area (Å²) in [5.74, 6) is 6.94. The van der Waals surface area contributed by atoms with Gasteiger partial charge in [-0.15, -0.1) is 11.8 Å². The molecule has 1 rings (SSSR count). The lowest BCUT2D eigenvalue weighted by Crippen LogP contribution is -2.15. The van der Waals surface area contributed by atoms with Crippen molar-refractivity contribution >= 4 is 16.9 Å². The van der Waals surface area contributed by atoms with Gasteiger partial charge in [0.1, 0.15) is 0 Å². The number of hydrogen-bond acceptors (Lipinski definition) is 3. The van der Waals surface area contributed by atoms with Gasteiger partial charge in [-0.05, 0) is 6.92 Å². The van der Waals surface area contributed by atoms with E-state index in [4.69, 9.17) is 0 Å². The van der Waals surface area contributed by atoms with E-state index in [1.165, 1.54) is 0 Å². The molecule has 0 bridgehead atoms. The first-order valence-electron chi connectivity index (χ1n) is 3.74. The van der Waals surface area contributed by atoms with Gasteiger partial charge in [0.25, 0.3) is 0 Å². The molecule has 0 atom stereocenters. The molecule has 0 unspecified atom stereocenters. The zero-order valence-electron chi connectivity index (χ0n) is 6.68. The Morgan fingerprint density at radius 3 is 3.27 bits per heavy atom. The number of aliphatic imine (C=N–C) groups is 1. The predicted molar refractivity (Wildman–Crippen MR) is 50.8 cm³/mol. The van der Waals surface area contributed by atoms with E-state index in [-0.39, 0.29) is 0 Å². The van der Waals surface area contributed by atoms with Gasteiger partial charge in [-0.2, -0.15) is 0 Å². The van der Waals surface area contributed by atoms with E-state index >= 15 is 0 Å². The molecule has 1 aliphatic heterocycles. The fraction of sp³-hybridized carbons (Fsp3) is 0.625. The van der Waals surface area contributed by atoms with Gasteiger partial charge in [-0.25, -0.2) is 0 Å². The lowest BCUT2D eigenvalue weighted by molar-refractivity contribution is 0.963. The zero-order chi connectivity index (χ0) is 7.94. The second-order valence-electron chi connectivity index (χ2n) is 2.14. The molecule has 0 radical (unpaired) electrons. The Hall–Kier alpha value is -0.620. The first-order valence-corrected chi connectivity index (χ1v) is 4.73. The van der Waals surface area contributed by atoms with Crippen LogP contribution in [-0.4, -0.2) is 24.0 Å². The maximum absolute atomic E-state index is 4.25. The van der Waals surface area contributed by atoms with Crippen LogP contribution in [0.15, 0.2) is 4.99 Å². The third-order valence-corrected chi connectivity index (χ3v) is 2.24. The topological polar surface area (TPSA) is 24.4 Å². The van der Waals surface area contributed by atoms with Crippen molar-refractivity contribution in [3.05, 3.63) is 0 Å². The molecule has 0 aromatic rings. The average molecular weight is 168 g/mol. The van der Waals surface area contributed by atoms with E-state index in [9.17, 15) is 0 Å². The summed E-state index contributed by atoms with van der Waals surface area (Å²) in [6, 6.07) is 0. The second-order valence-corrected chi connectivity index (χ2v) is 3.22. The van der Waals surface area contributed by atoms with Gasteiger partial charge in [-0.1, -0.05) is 11.8 Å². The van der Waals surface area contributed by atoms with E-state index in [0.717, 1.165) is 30.4 Å². The van der Waals surface area contributed by atoms with E-state index in [1.54, 1.807) is 11.8 Å². The summed E-state index contributed by atoms with van der Waals surface area (Å²) < 4.78 is 0. The summed E-state index contributed by atoms with van der Waals surface area (Å²) in [7, 11) is 0. The molecule has 11 heavy (non-hydrogen) atoms. The van der Waals surface area contributed by atoms with Crippen molar-refractivity contribution in [3.8, 4) is 11.8 Å². The number of thioether (sulfide) groups is 1. The minimum Gasteiger partial charge on any atom is -0.363 e. The van der Waals surface area contributed by atoms with Gasteiger partial charge in [0, 0.05) is 18.7 Å². The summed E-state index contributed by atoms with van der Waals surface area (Å²) in [6.45, 7) is 3.81. The Bertz CT molecular complexity index is 200. The van der Waals surface area contributed by atoms with Crippen LogP contribution < -0.4 is 5.32 Å². The first kappa shape index (κ1) is 8.48. The van der Waals surface area contributed by atoms with Gasteiger partial charge in [0.2, 0.25) is 0 Å². The van der Waals surface area contributed by atoms with Gasteiger partial charge in [0.15, 0.2) is 5.17 Å². The van der Waals surface area contributed by atoms with Gasteiger partial charge in [0.05, 0.1) is 6.54 Å².